The van der Waals surface area contributed by atoms with Crippen molar-refractivity contribution in [3.63, 3.8) is 0 Å². The Balaban J connectivity index is 1.51. The van der Waals surface area contributed by atoms with E-state index < -0.39 is 11.8 Å². The Morgan fingerprint density at radius 3 is 2.86 bits per heavy atom. The molecule has 1 aliphatic heterocycles. The topological polar surface area (TPSA) is 118 Å². The maximum absolute atomic E-state index is 12.1. The number of benzene rings is 2. The Morgan fingerprint density at radius 2 is 2.07 bits per heavy atom. The van der Waals surface area contributed by atoms with Crippen LogP contribution in [-0.4, -0.2) is 43.1 Å². The second-order valence-corrected chi connectivity index (χ2v) is 6.99. The molecule has 2 amide bonds. The van der Waals surface area contributed by atoms with Crippen molar-refractivity contribution in [2.24, 2.45) is 5.10 Å². The zero-order chi connectivity index (χ0) is 20.8. The molecule has 2 aromatic carbocycles. The van der Waals surface area contributed by atoms with Crippen molar-refractivity contribution in [3.05, 3.63) is 45.0 Å². The highest BCUT2D eigenvalue weighted by Crippen LogP contribution is 2.33. The Kier molecular flexibility index (Phi) is 6.75. The van der Waals surface area contributed by atoms with Crippen molar-refractivity contribution in [1.29, 1.82) is 0 Å². The molecule has 0 saturated heterocycles. The van der Waals surface area contributed by atoms with E-state index in [0.29, 0.717) is 38.6 Å². The first-order valence-electron chi connectivity index (χ1n) is 8.63. The smallest absolute Gasteiger partial charge is 0.259 e. The Morgan fingerprint density at radius 1 is 1.28 bits per heavy atom. The number of nitrogens with zero attached hydrogens (tertiary/aromatic N) is 1. The lowest BCUT2D eigenvalue weighted by Crippen LogP contribution is -2.34. The van der Waals surface area contributed by atoms with Gasteiger partial charge in [-0.15, -0.1) is 0 Å². The maximum Gasteiger partial charge on any atom is 0.259 e. The predicted octanol–water partition coefficient (Wildman–Crippen LogP) is 2.00. The second kappa shape index (κ2) is 9.45. The lowest BCUT2D eigenvalue weighted by molar-refractivity contribution is -0.120. The van der Waals surface area contributed by atoms with Crippen LogP contribution in [0.3, 0.4) is 0 Å². The lowest BCUT2D eigenvalue weighted by atomic mass is 10.2. The fourth-order valence-corrected chi connectivity index (χ4v) is 3.08. The highest BCUT2D eigenvalue weighted by molar-refractivity contribution is 14.1. The molecule has 0 aromatic heterocycles. The van der Waals surface area contributed by atoms with Crippen LogP contribution in [0.15, 0.2) is 35.4 Å². The average molecular weight is 511 g/mol. The number of hydrazone groups is 1. The number of hydrogen-bond acceptors (Lipinski definition) is 7. The molecule has 0 bridgehead atoms. The van der Waals surface area contributed by atoms with Gasteiger partial charge in [0, 0.05) is 5.56 Å². The van der Waals surface area contributed by atoms with E-state index in [1.807, 2.05) is 29.5 Å². The number of ether oxygens (including phenoxy) is 3. The van der Waals surface area contributed by atoms with Crippen molar-refractivity contribution in [3.8, 4) is 23.0 Å². The van der Waals surface area contributed by atoms with Gasteiger partial charge in [-0.05, 0) is 65.4 Å². The van der Waals surface area contributed by atoms with Crippen molar-refractivity contribution in [2.45, 2.75) is 6.92 Å². The second-order valence-electron chi connectivity index (χ2n) is 5.83. The number of phenols is 1. The minimum absolute atomic E-state index is 0.0554. The van der Waals surface area contributed by atoms with Gasteiger partial charge in [-0.25, -0.2) is 5.43 Å². The fourth-order valence-electron chi connectivity index (χ4n) is 2.45. The molecular formula is C19H18IN3O6. The molecule has 0 atom stereocenters. The van der Waals surface area contributed by atoms with Crippen LogP contribution in [0.4, 0.5) is 0 Å². The molecule has 10 heteroatoms. The first-order chi connectivity index (χ1) is 14.0. The summed E-state index contributed by atoms with van der Waals surface area (Å²) in [4.78, 5) is 24.0. The molecule has 1 heterocycles. The molecule has 0 aliphatic carbocycles. The highest BCUT2D eigenvalue weighted by Gasteiger charge is 2.16. The van der Waals surface area contributed by atoms with Crippen LogP contribution in [0.25, 0.3) is 0 Å². The molecule has 3 rings (SSSR count). The van der Waals surface area contributed by atoms with Crippen LogP contribution >= 0.6 is 22.6 Å². The molecule has 0 fully saturated rings. The molecule has 0 unspecified atom stereocenters. The first kappa shape index (κ1) is 20.7. The van der Waals surface area contributed by atoms with Gasteiger partial charge in [0.25, 0.3) is 11.8 Å². The summed E-state index contributed by atoms with van der Waals surface area (Å²) in [6.07, 6.45) is 1.42. The van der Waals surface area contributed by atoms with Crippen LogP contribution in [0, 0.1) is 3.57 Å². The normalized spacial score (nSPS) is 12.1. The summed E-state index contributed by atoms with van der Waals surface area (Å²) < 4.78 is 16.4. The van der Waals surface area contributed by atoms with Gasteiger partial charge in [-0.1, -0.05) is 0 Å². The number of carbonyl (C=O) groups excluding carboxylic acids is 2. The largest absolute Gasteiger partial charge is 0.504 e. The Bertz CT molecular complexity index is 963. The number of fused-ring (bicyclic) bond motifs is 1. The zero-order valence-corrected chi connectivity index (χ0v) is 17.6. The monoisotopic (exact) mass is 511 g/mol. The summed E-state index contributed by atoms with van der Waals surface area (Å²) in [5.41, 5.74) is 3.32. The molecule has 0 spiro atoms. The van der Waals surface area contributed by atoms with Gasteiger partial charge in [0.05, 0.1) is 22.9 Å². The summed E-state index contributed by atoms with van der Waals surface area (Å²) in [5.74, 6) is 0.542. The van der Waals surface area contributed by atoms with Crippen molar-refractivity contribution in [2.75, 3.05) is 19.9 Å². The SMILES string of the molecule is CCOc1cc(/C=N/NC(=O)CNC(=O)c2ccc3c(c2)OCO3)cc(I)c1O. The molecule has 9 nitrogen and oxygen atoms in total. The minimum atomic E-state index is -0.492. The number of aromatic hydroxyl groups is 1. The Labute approximate surface area is 180 Å². The van der Waals surface area contributed by atoms with Crippen LogP contribution in [-0.2, 0) is 4.79 Å². The van der Waals surface area contributed by atoms with Gasteiger partial charge < -0.3 is 24.6 Å². The molecule has 3 N–H and O–H groups in total. The third-order valence-corrected chi connectivity index (χ3v) is 4.62. The third kappa shape index (κ3) is 5.28. The van der Waals surface area contributed by atoms with Gasteiger partial charge in [0.15, 0.2) is 23.0 Å². The minimum Gasteiger partial charge on any atom is -0.504 e. The molecule has 0 radical (unpaired) electrons. The number of hydrogen-bond donors (Lipinski definition) is 3. The number of carbonyl (C=O) groups is 2. The number of halogens is 1. The van der Waals surface area contributed by atoms with E-state index in [0.717, 1.165) is 0 Å². The molecule has 152 valence electrons. The molecule has 2 aromatic rings. The van der Waals surface area contributed by atoms with Gasteiger partial charge in [0.1, 0.15) is 0 Å². The number of nitrogens with one attached hydrogen (secondary N) is 2. The van der Waals surface area contributed by atoms with E-state index in [9.17, 15) is 14.7 Å². The quantitative estimate of drug-likeness (QED) is 0.298. The van der Waals surface area contributed by atoms with Crippen molar-refractivity contribution >= 4 is 40.6 Å². The van der Waals surface area contributed by atoms with Crippen molar-refractivity contribution < 1.29 is 28.9 Å². The third-order valence-electron chi connectivity index (χ3n) is 3.80. The fraction of sp³-hybridized carbons (Fsp3) is 0.211. The number of phenolic OH excluding ortho intramolecular Hbond substituents is 1. The lowest BCUT2D eigenvalue weighted by Gasteiger charge is -2.08. The van der Waals surface area contributed by atoms with Crippen molar-refractivity contribution in [1.82, 2.24) is 10.7 Å². The van der Waals surface area contributed by atoms with E-state index >= 15 is 0 Å². The number of amides is 2. The van der Waals surface area contributed by atoms with Gasteiger partial charge >= 0.3 is 0 Å². The number of rotatable bonds is 7. The molecule has 1 aliphatic rings. The van der Waals surface area contributed by atoms with Crippen LogP contribution in [0.1, 0.15) is 22.8 Å². The van der Waals surface area contributed by atoms with E-state index in [2.05, 4.69) is 15.8 Å². The summed E-state index contributed by atoms with van der Waals surface area (Å²) >= 11 is 1.97. The van der Waals surface area contributed by atoms with Crippen LogP contribution in [0.5, 0.6) is 23.0 Å². The molecule has 29 heavy (non-hydrogen) atoms. The molecular weight excluding hydrogens is 493 g/mol. The van der Waals surface area contributed by atoms with Gasteiger partial charge in [0.2, 0.25) is 6.79 Å². The van der Waals surface area contributed by atoms with Crippen LogP contribution in [0.2, 0.25) is 0 Å². The summed E-state index contributed by atoms with van der Waals surface area (Å²) in [6, 6.07) is 8.07. The maximum atomic E-state index is 12.1. The van der Waals surface area contributed by atoms with E-state index in [1.54, 1.807) is 30.3 Å². The first-order valence-corrected chi connectivity index (χ1v) is 9.71. The van der Waals surface area contributed by atoms with E-state index in [1.165, 1.54) is 6.21 Å². The average Bonchev–Trinajstić information content (AvgIpc) is 3.18. The van der Waals surface area contributed by atoms with E-state index in [-0.39, 0.29) is 19.1 Å². The van der Waals surface area contributed by atoms with Gasteiger partial charge in [-0.3, -0.25) is 9.59 Å². The predicted molar refractivity (Wildman–Crippen MR) is 113 cm³/mol. The standard InChI is InChI=1S/C19H18IN3O6/c1-2-27-16-6-11(5-13(20)18(16)25)8-22-23-17(24)9-21-19(26)12-3-4-14-15(7-12)29-10-28-14/h3-8,25H,2,9-10H2,1H3,(H,21,26)(H,23,24)/b22-8+. The van der Waals surface area contributed by atoms with E-state index in [4.69, 9.17) is 14.2 Å². The molecule has 0 saturated carbocycles. The highest BCUT2D eigenvalue weighted by atomic mass is 127. The Hall–Kier alpha value is -3.02. The van der Waals surface area contributed by atoms with Gasteiger partial charge in [-0.2, -0.15) is 5.10 Å². The zero-order valence-electron chi connectivity index (χ0n) is 15.4. The summed E-state index contributed by atoms with van der Waals surface area (Å²) in [5, 5.41) is 16.3. The summed E-state index contributed by atoms with van der Waals surface area (Å²) in [6.45, 7) is 2.09. The summed E-state index contributed by atoms with van der Waals surface area (Å²) in [7, 11) is 0. The van der Waals surface area contributed by atoms with Crippen LogP contribution < -0.4 is 25.0 Å².